The summed E-state index contributed by atoms with van der Waals surface area (Å²) in [6, 6.07) is 12.6. The van der Waals surface area contributed by atoms with Gasteiger partial charge in [-0.15, -0.1) is 10.2 Å². The highest BCUT2D eigenvalue weighted by Gasteiger charge is 2.02. The van der Waals surface area contributed by atoms with E-state index in [0.29, 0.717) is 6.54 Å². The minimum absolute atomic E-state index is 0.117. The molecule has 3 rings (SSSR count). The first-order valence-electron chi connectivity index (χ1n) is 6.42. The molecule has 0 atom stereocenters. The lowest BCUT2D eigenvalue weighted by Crippen LogP contribution is -2.00. The van der Waals surface area contributed by atoms with Crippen LogP contribution in [0.4, 0.5) is 5.69 Å². The molecule has 0 bridgehead atoms. The Morgan fingerprint density at radius 1 is 0.952 bits per heavy atom. The molecule has 3 N–H and O–H groups in total. The molecule has 0 aliphatic rings. The summed E-state index contributed by atoms with van der Waals surface area (Å²) in [6.07, 6.45) is 3.27. The second-order valence-electron chi connectivity index (χ2n) is 4.60. The van der Waals surface area contributed by atoms with Crippen LogP contribution in [0.25, 0.3) is 5.69 Å². The van der Waals surface area contributed by atoms with Crippen LogP contribution < -0.4 is 5.32 Å². The lowest BCUT2D eigenvalue weighted by molar-refractivity contribution is 0.403. The molecule has 21 heavy (non-hydrogen) atoms. The molecule has 1 aromatic heterocycles. The molecule has 3 aromatic rings. The van der Waals surface area contributed by atoms with Crippen LogP contribution in [0.1, 0.15) is 5.56 Å². The molecule has 1 heterocycles. The molecular formula is C15H14N4O2. The summed E-state index contributed by atoms with van der Waals surface area (Å²) in [4.78, 5) is 0. The monoisotopic (exact) mass is 282 g/mol. The molecule has 0 saturated carbocycles. The Morgan fingerprint density at radius 2 is 1.76 bits per heavy atom. The quantitative estimate of drug-likeness (QED) is 0.639. The van der Waals surface area contributed by atoms with Gasteiger partial charge in [0, 0.05) is 12.2 Å². The third kappa shape index (κ3) is 2.94. The second kappa shape index (κ2) is 5.54. The van der Waals surface area contributed by atoms with Gasteiger partial charge >= 0.3 is 0 Å². The highest BCUT2D eigenvalue weighted by molar-refractivity contribution is 5.51. The molecule has 0 aliphatic carbocycles. The average Bonchev–Trinajstić information content (AvgIpc) is 3.03. The first-order valence-corrected chi connectivity index (χ1v) is 6.42. The predicted octanol–water partition coefficient (Wildman–Crippen LogP) is 2.29. The summed E-state index contributed by atoms with van der Waals surface area (Å²) in [5.41, 5.74) is 2.77. The minimum Gasteiger partial charge on any atom is -0.504 e. The zero-order chi connectivity index (χ0) is 14.7. The van der Waals surface area contributed by atoms with Gasteiger partial charge in [0.15, 0.2) is 11.5 Å². The number of aromatic nitrogens is 3. The number of hydrogen-bond donors (Lipinski definition) is 3. The van der Waals surface area contributed by atoms with Crippen molar-refractivity contribution in [3.63, 3.8) is 0 Å². The number of aromatic hydroxyl groups is 2. The summed E-state index contributed by atoms with van der Waals surface area (Å²) in [5.74, 6) is -0.235. The molecule has 6 nitrogen and oxygen atoms in total. The van der Waals surface area contributed by atoms with Gasteiger partial charge in [-0.2, -0.15) is 0 Å². The number of anilines is 1. The van der Waals surface area contributed by atoms with Crippen LogP contribution in [0.3, 0.4) is 0 Å². The molecule has 0 radical (unpaired) electrons. The SMILES string of the molecule is Oc1ccc(CNc2cccc(-n3cnnc3)c2)cc1O. The van der Waals surface area contributed by atoms with Gasteiger partial charge in [0.1, 0.15) is 12.7 Å². The Kier molecular flexibility index (Phi) is 3.42. The van der Waals surface area contributed by atoms with E-state index >= 15 is 0 Å². The van der Waals surface area contributed by atoms with Crippen LogP contribution in [0.5, 0.6) is 11.5 Å². The van der Waals surface area contributed by atoms with E-state index in [0.717, 1.165) is 16.9 Å². The van der Waals surface area contributed by atoms with Gasteiger partial charge in [-0.3, -0.25) is 4.57 Å². The number of nitrogens with zero attached hydrogens (tertiary/aromatic N) is 3. The Hall–Kier alpha value is -3.02. The van der Waals surface area contributed by atoms with Crippen molar-refractivity contribution in [1.29, 1.82) is 0 Å². The van der Waals surface area contributed by atoms with Gasteiger partial charge < -0.3 is 15.5 Å². The number of benzene rings is 2. The fourth-order valence-electron chi connectivity index (χ4n) is 1.99. The van der Waals surface area contributed by atoms with E-state index in [9.17, 15) is 10.2 Å². The van der Waals surface area contributed by atoms with E-state index < -0.39 is 0 Å². The Morgan fingerprint density at radius 3 is 2.52 bits per heavy atom. The van der Waals surface area contributed by atoms with E-state index in [4.69, 9.17) is 0 Å². The molecule has 106 valence electrons. The summed E-state index contributed by atoms with van der Waals surface area (Å²) in [5, 5.41) is 29.6. The Bertz CT molecular complexity index is 741. The van der Waals surface area contributed by atoms with Crippen molar-refractivity contribution in [3.8, 4) is 17.2 Å². The van der Waals surface area contributed by atoms with Crippen LogP contribution in [0, 0.1) is 0 Å². The van der Waals surface area contributed by atoms with Gasteiger partial charge in [0.05, 0.1) is 5.69 Å². The first kappa shape index (κ1) is 13.0. The molecule has 0 saturated heterocycles. The van der Waals surface area contributed by atoms with E-state index in [-0.39, 0.29) is 11.5 Å². The van der Waals surface area contributed by atoms with Crippen molar-refractivity contribution in [2.75, 3.05) is 5.32 Å². The van der Waals surface area contributed by atoms with E-state index in [1.54, 1.807) is 18.7 Å². The molecule has 0 amide bonds. The highest BCUT2D eigenvalue weighted by Crippen LogP contribution is 2.25. The molecule has 0 unspecified atom stereocenters. The minimum atomic E-state index is -0.118. The number of rotatable bonds is 4. The van der Waals surface area contributed by atoms with E-state index in [1.807, 2.05) is 28.8 Å². The van der Waals surface area contributed by atoms with Crippen LogP contribution in [-0.4, -0.2) is 25.0 Å². The third-order valence-electron chi connectivity index (χ3n) is 3.10. The molecule has 0 aliphatic heterocycles. The van der Waals surface area contributed by atoms with Gasteiger partial charge in [-0.05, 0) is 35.9 Å². The highest BCUT2D eigenvalue weighted by atomic mass is 16.3. The van der Waals surface area contributed by atoms with Crippen molar-refractivity contribution in [2.45, 2.75) is 6.54 Å². The molecule has 0 spiro atoms. The maximum Gasteiger partial charge on any atom is 0.157 e. The van der Waals surface area contributed by atoms with Gasteiger partial charge in [0.2, 0.25) is 0 Å². The fraction of sp³-hybridized carbons (Fsp3) is 0.0667. The lowest BCUT2D eigenvalue weighted by Gasteiger charge is -2.09. The standard InChI is InChI=1S/C15H14N4O2/c20-14-5-4-11(6-15(14)21)8-16-12-2-1-3-13(7-12)19-9-17-18-10-19/h1-7,9-10,16,20-21H,8H2. The zero-order valence-corrected chi connectivity index (χ0v) is 11.1. The largest absolute Gasteiger partial charge is 0.504 e. The van der Waals surface area contributed by atoms with Crippen molar-refractivity contribution in [1.82, 2.24) is 14.8 Å². The van der Waals surface area contributed by atoms with Gasteiger partial charge in [-0.1, -0.05) is 12.1 Å². The molecule has 0 fully saturated rings. The number of phenolic OH excluding ortho intramolecular Hbond substituents is 2. The Balaban J connectivity index is 1.73. The van der Waals surface area contributed by atoms with Crippen LogP contribution >= 0.6 is 0 Å². The molecular weight excluding hydrogens is 268 g/mol. The maximum absolute atomic E-state index is 9.47. The lowest BCUT2D eigenvalue weighted by atomic mass is 10.2. The van der Waals surface area contributed by atoms with Gasteiger partial charge in [-0.25, -0.2) is 0 Å². The summed E-state index contributed by atoms with van der Waals surface area (Å²) >= 11 is 0. The van der Waals surface area contributed by atoms with E-state index in [1.165, 1.54) is 12.1 Å². The van der Waals surface area contributed by atoms with Crippen LogP contribution in [0.2, 0.25) is 0 Å². The third-order valence-corrected chi connectivity index (χ3v) is 3.10. The van der Waals surface area contributed by atoms with Crippen molar-refractivity contribution >= 4 is 5.69 Å². The smallest absolute Gasteiger partial charge is 0.157 e. The summed E-state index contributed by atoms with van der Waals surface area (Å²) < 4.78 is 1.82. The number of nitrogens with one attached hydrogen (secondary N) is 1. The van der Waals surface area contributed by atoms with Crippen molar-refractivity contribution in [3.05, 3.63) is 60.7 Å². The van der Waals surface area contributed by atoms with Gasteiger partial charge in [0.25, 0.3) is 0 Å². The Labute approximate surface area is 121 Å². The summed E-state index contributed by atoms with van der Waals surface area (Å²) in [6.45, 7) is 0.541. The number of hydrogen-bond acceptors (Lipinski definition) is 5. The fourth-order valence-corrected chi connectivity index (χ4v) is 1.99. The van der Waals surface area contributed by atoms with Crippen molar-refractivity contribution in [2.24, 2.45) is 0 Å². The molecule has 6 heteroatoms. The normalized spacial score (nSPS) is 10.5. The first-order chi connectivity index (χ1) is 10.2. The molecule has 2 aromatic carbocycles. The average molecular weight is 282 g/mol. The zero-order valence-electron chi connectivity index (χ0n) is 11.1. The van der Waals surface area contributed by atoms with Crippen molar-refractivity contribution < 1.29 is 10.2 Å². The second-order valence-corrected chi connectivity index (χ2v) is 4.60. The maximum atomic E-state index is 9.47. The number of phenols is 2. The van der Waals surface area contributed by atoms with E-state index in [2.05, 4.69) is 15.5 Å². The van der Waals surface area contributed by atoms with Crippen LogP contribution in [0.15, 0.2) is 55.1 Å². The topological polar surface area (TPSA) is 83.2 Å². The van der Waals surface area contributed by atoms with Crippen LogP contribution in [-0.2, 0) is 6.54 Å². The summed E-state index contributed by atoms with van der Waals surface area (Å²) in [7, 11) is 0. The predicted molar refractivity (Wildman–Crippen MR) is 78.5 cm³/mol.